The molecule has 4 aromatic rings. The molecule has 29 heavy (non-hydrogen) atoms. The van der Waals surface area contributed by atoms with Gasteiger partial charge in [0.05, 0.1) is 31.0 Å². The van der Waals surface area contributed by atoms with Crippen molar-refractivity contribution in [2.24, 2.45) is 0 Å². The normalized spacial score (nSPS) is 10.6. The first-order valence-corrected chi connectivity index (χ1v) is 9.08. The summed E-state index contributed by atoms with van der Waals surface area (Å²) in [5.74, 6) is 1.46. The Balaban J connectivity index is 1.74. The second-order valence-corrected chi connectivity index (χ2v) is 6.37. The Hall–Kier alpha value is -3.86. The van der Waals surface area contributed by atoms with Crippen LogP contribution in [0, 0.1) is 0 Å². The number of carbonyl (C=O) groups excluding carboxylic acids is 1. The van der Waals surface area contributed by atoms with Gasteiger partial charge in [-0.05, 0) is 60.7 Å². The molecule has 0 amide bonds. The lowest BCUT2D eigenvalue weighted by Crippen LogP contribution is -2.10. The van der Waals surface area contributed by atoms with Crippen molar-refractivity contribution >= 4 is 16.9 Å². The summed E-state index contributed by atoms with van der Waals surface area (Å²) in [7, 11) is 3.21. The van der Waals surface area contributed by atoms with Crippen molar-refractivity contribution in [2.75, 3.05) is 14.2 Å². The minimum atomic E-state index is -0.441. The molecule has 0 unspecified atom stereocenters. The average molecular weight is 385 g/mol. The molecule has 0 saturated heterocycles. The van der Waals surface area contributed by atoms with Crippen molar-refractivity contribution in [1.29, 1.82) is 0 Å². The van der Waals surface area contributed by atoms with Crippen molar-refractivity contribution in [3.8, 4) is 28.5 Å². The lowest BCUT2D eigenvalue weighted by atomic mass is 10.0. The number of aromatic nitrogens is 1. The molecule has 0 spiro atoms. The number of benzene rings is 3. The Morgan fingerprint density at radius 1 is 0.759 bits per heavy atom. The molecule has 1 heterocycles. The highest BCUT2D eigenvalue weighted by Gasteiger charge is 2.16. The zero-order valence-electron chi connectivity index (χ0n) is 16.1. The number of pyridine rings is 1. The Kier molecular flexibility index (Phi) is 5.12. The van der Waals surface area contributed by atoms with E-state index in [1.807, 2.05) is 48.5 Å². The quantitative estimate of drug-likeness (QED) is 0.352. The minimum Gasteiger partial charge on any atom is -0.497 e. The number of carbonyl (C=O) groups is 1. The van der Waals surface area contributed by atoms with Crippen LogP contribution in [0.15, 0.2) is 78.9 Å². The summed E-state index contributed by atoms with van der Waals surface area (Å²) in [5.41, 5.74) is 2.75. The monoisotopic (exact) mass is 385 g/mol. The third-order valence-electron chi connectivity index (χ3n) is 4.59. The number of nitrogens with zero attached hydrogens (tertiary/aromatic N) is 1. The molecule has 144 valence electrons. The van der Waals surface area contributed by atoms with E-state index in [2.05, 4.69) is 0 Å². The van der Waals surface area contributed by atoms with Gasteiger partial charge >= 0.3 is 5.97 Å². The van der Waals surface area contributed by atoms with Gasteiger partial charge in [0.1, 0.15) is 17.2 Å². The lowest BCUT2D eigenvalue weighted by Gasteiger charge is -2.11. The number of fused-ring (bicyclic) bond motifs is 1. The Morgan fingerprint density at radius 2 is 1.34 bits per heavy atom. The molecule has 0 radical (unpaired) electrons. The number of rotatable bonds is 5. The number of hydrogen-bond acceptors (Lipinski definition) is 5. The first kappa shape index (κ1) is 18.5. The third-order valence-corrected chi connectivity index (χ3v) is 4.59. The number of hydrogen-bond donors (Lipinski definition) is 0. The van der Waals surface area contributed by atoms with E-state index in [4.69, 9.17) is 19.2 Å². The van der Waals surface area contributed by atoms with E-state index in [0.29, 0.717) is 22.8 Å². The van der Waals surface area contributed by atoms with Crippen LogP contribution in [0.3, 0.4) is 0 Å². The first-order chi connectivity index (χ1) is 14.2. The maximum absolute atomic E-state index is 13.0. The third kappa shape index (κ3) is 3.89. The lowest BCUT2D eigenvalue weighted by molar-refractivity contribution is 0.0736. The number of methoxy groups -OCH3 is 2. The molecule has 0 N–H and O–H groups in total. The van der Waals surface area contributed by atoms with Gasteiger partial charge in [0.25, 0.3) is 0 Å². The van der Waals surface area contributed by atoms with E-state index in [1.165, 1.54) is 0 Å². The first-order valence-electron chi connectivity index (χ1n) is 9.08. The zero-order valence-corrected chi connectivity index (χ0v) is 16.1. The fraction of sp³-hybridized carbons (Fsp3) is 0.0833. The minimum absolute atomic E-state index is 0.441. The van der Waals surface area contributed by atoms with Crippen LogP contribution in [0.5, 0.6) is 17.2 Å². The van der Waals surface area contributed by atoms with Gasteiger partial charge in [-0.3, -0.25) is 0 Å². The summed E-state index contributed by atoms with van der Waals surface area (Å²) in [4.78, 5) is 17.7. The van der Waals surface area contributed by atoms with Crippen molar-refractivity contribution in [3.05, 3.63) is 84.4 Å². The van der Waals surface area contributed by atoms with E-state index in [1.54, 1.807) is 44.6 Å². The maximum atomic E-state index is 13.0. The number of para-hydroxylation sites is 1. The highest BCUT2D eigenvalue weighted by atomic mass is 16.5. The average Bonchev–Trinajstić information content (AvgIpc) is 2.79. The smallest absolute Gasteiger partial charge is 0.344 e. The predicted octanol–water partition coefficient (Wildman–Crippen LogP) is 5.14. The largest absolute Gasteiger partial charge is 0.497 e. The van der Waals surface area contributed by atoms with E-state index >= 15 is 0 Å². The summed E-state index contributed by atoms with van der Waals surface area (Å²) in [6.07, 6.45) is 0. The Bertz CT molecular complexity index is 1150. The molecule has 0 fully saturated rings. The molecule has 5 heteroatoms. The summed E-state index contributed by atoms with van der Waals surface area (Å²) < 4.78 is 15.9. The fourth-order valence-corrected chi connectivity index (χ4v) is 3.06. The van der Waals surface area contributed by atoms with Crippen LogP contribution < -0.4 is 14.2 Å². The fourth-order valence-electron chi connectivity index (χ4n) is 3.06. The molecule has 0 aliphatic rings. The zero-order chi connectivity index (χ0) is 20.2. The number of ether oxygens (including phenoxy) is 3. The summed E-state index contributed by atoms with van der Waals surface area (Å²) in [6, 6.07) is 23.7. The summed E-state index contributed by atoms with van der Waals surface area (Å²) in [5, 5.41) is 0.739. The van der Waals surface area contributed by atoms with Crippen LogP contribution in [0.1, 0.15) is 10.4 Å². The molecule has 4 rings (SSSR count). The summed E-state index contributed by atoms with van der Waals surface area (Å²) in [6.45, 7) is 0. The summed E-state index contributed by atoms with van der Waals surface area (Å²) >= 11 is 0. The Labute approximate surface area is 168 Å². The SMILES string of the molecule is COc1ccc(OC(=O)c2cc(-c3ccc(OC)cc3)nc3ccccc23)cc1. The maximum Gasteiger partial charge on any atom is 0.344 e. The van der Waals surface area contributed by atoms with Crippen molar-refractivity contribution in [3.63, 3.8) is 0 Å². The molecule has 0 atom stereocenters. The van der Waals surface area contributed by atoms with Gasteiger partial charge in [-0.2, -0.15) is 0 Å². The highest BCUT2D eigenvalue weighted by Crippen LogP contribution is 2.27. The Morgan fingerprint density at radius 3 is 2.00 bits per heavy atom. The van der Waals surface area contributed by atoms with Crippen LogP contribution in [-0.2, 0) is 0 Å². The highest BCUT2D eigenvalue weighted by molar-refractivity contribution is 6.05. The molecule has 0 aliphatic heterocycles. The second-order valence-electron chi connectivity index (χ2n) is 6.37. The van der Waals surface area contributed by atoms with Crippen molar-refractivity contribution < 1.29 is 19.0 Å². The van der Waals surface area contributed by atoms with Crippen LogP contribution in [0.25, 0.3) is 22.2 Å². The predicted molar refractivity (Wildman–Crippen MR) is 112 cm³/mol. The standard InChI is InChI=1S/C24H19NO4/c1-27-17-9-7-16(8-10-17)23-15-21(20-5-3-4-6-22(20)25-23)24(26)29-19-13-11-18(28-2)12-14-19/h3-15H,1-2H3. The van der Waals surface area contributed by atoms with Gasteiger partial charge in [-0.1, -0.05) is 18.2 Å². The molecule has 0 saturated carbocycles. The van der Waals surface area contributed by atoms with Gasteiger partial charge in [0.15, 0.2) is 0 Å². The topological polar surface area (TPSA) is 57.7 Å². The van der Waals surface area contributed by atoms with E-state index in [0.717, 1.165) is 22.2 Å². The molecular formula is C24H19NO4. The van der Waals surface area contributed by atoms with Gasteiger partial charge in [-0.15, -0.1) is 0 Å². The van der Waals surface area contributed by atoms with E-state index in [9.17, 15) is 4.79 Å². The molecule has 5 nitrogen and oxygen atoms in total. The van der Waals surface area contributed by atoms with Crippen LogP contribution >= 0.6 is 0 Å². The molecule has 0 bridgehead atoms. The van der Waals surface area contributed by atoms with Gasteiger partial charge in [0.2, 0.25) is 0 Å². The van der Waals surface area contributed by atoms with Crippen LogP contribution in [-0.4, -0.2) is 25.2 Å². The van der Waals surface area contributed by atoms with Gasteiger partial charge in [-0.25, -0.2) is 9.78 Å². The van der Waals surface area contributed by atoms with Gasteiger partial charge < -0.3 is 14.2 Å². The number of esters is 1. The molecular weight excluding hydrogens is 366 g/mol. The van der Waals surface area contributed by atoms with E-state index < -0.39 is 5.97 Å². The van der Waals surface area contributed by atoms with Crippen molar-refractivity contribution in [1.82, 2.24) is 4.98 Å². The van der Waals surface area contributed by atoms with Crippen molar-refractivity contribution in [2.45, 2.75) is 0 Å². The van der Waals surface area contributed by atoms with E-state index in [-0.39, 0.29) is 0 Å². The molecule has 0 aliphatic carbocycles. The van der Waals surface area contributed by atoms with Gasteiger partial charge in [0, 0.05) is 10.9 Å². The van der Waals surface area contributed by atoms with Crippen LogP contribution in [0.2, 0.25) is 0 Å². The molecule has 1 aromatic heterocycles. The second kappa shape index (κ2) is 8.02. The van der Waals surface area contributed by atoms with Crippen LogP contribution in [0.4, 0.5) is 0 Å². The molecule has 3 aromatic carbocycles.